The number of para-hydroxylation sites is 1. The van der Waals surface area contributed by atoms with Gasteiger partial charge in [-0.25, -0.2) is 12.8 Å². The molecule has 3 rings (SSSR count). The monoisotopic (exact) mass is 421 g/mol. The molecule has 2 aromatic rings. The van der Waals surface area contributed by atoms with E-state index in [0.29, 0.717) is 24.5 Å². The third-order valence-electron chi connectivity index (χ3n) is 4.82. The standard InChI is InChI=1S/C20H24FN3O4S/c1-15(20(25)22-2)28-16-7-9-17(10-8-16)29(26,27)24-13-11-23(12-14-24)19-6-4-3-5-18(19)21/h3-10,15H,11-14H2,1-2H3,(H,22,25)/t15-/m0/s1. The molecule has 9 heteroatoms. The fourth-order valence-corrected chi connectivity index (χ4v) is 4.60. The lowest BCUT2D eigenvalue weighted by molar-refractivity contribution is -0.126. The van der Waals surface area contributed by atoms with Crippen molar-refractivity contribution in [1.29, 1.82) is 0 Å². The lowest BCUT2D eigenvalue weighted by atomic mass is 10.2. The molecule has 0 radical (unpaired) electrons. The van der Waals surface area contributed by atoms with Gasteiger partial charge < -0.3 is 15.0 Å². The van der Waals surface area contributed by atoms with E-state index in [2.05, 4.69) is 5.32 Å². The van der Waals surface area contributed by atoms with Crippen LogP contribution in [0.3, 0.4) is 0 Å². The predicted molar refractivity (Wildman–Crippen MR) is 108 cm³/mol. The molecule has 0 aliphatic carbocycles. The minimum Gasteiger partial charge on any atom is -0.481 e. The van der Waals surface area contributed by atoms with Gasteiger partial charge in [-0.1, -0.05) is 12.1 Å². The zero-order valence-electron chi connectivity index (χ0n) is 16.3. The molecule has 1 atom stereocenters. The van der Waals surface area contributed by atoms with E-state index in [0.717, 1.165) is 0 Å². The Hall–Kier alpha value is -2.65. The van der Waals surface area contributed by atoms with Gasteiger partial charge in [0.15, 0.2) is 6.10 Å². The number of anilines is 1. The molecule has 1 aliphatic heterocycles. The van der Waals surface area contributed by atoms with Crippen molar-refractivity contribution in [1.82, 2.24) is 9.62 Å². The highest BCUT2D eigenvalue weighted by Crippen LogP contribution is 2.24. The summed E-state index contributed by atoms with van der Waals surface area (Å²) < 4.78 is 46.7. The van der Waals surface area contributed by atoms with Crippen molar-refractivity contribution in [3.63, 3.8) is 0 Å². The lowest BCUT2D eigenvalue weighted by Crippen LogP contribution is -2.48. The van der Waals surface area contributed by atoms with Crippen LogP contribution < -0.4 is 15.0 Å². The Labute approximate surface area is 170 Å². The van der Waals surface area contributed by atoms with Crippen molar-refractivity contribution in [3.8, 4) is 5.75 Å². The van der Waals surface area contributed by atoms with Crippen molar-refractivity contribution < 1.29 is 22.3 Å². The molecule has 0 bridgehead atoms. The van der Waals surface area contributed by atoms with Gasteiger partial charge in [0.1, 0.15) is 11.6 Å². The molecule has 1 saturated heterocycles. The fraction of sp³-hybridized carbons (Fsp3) is 0.350. The topological polar surface area (TPSA) is 78.9 Å². The number of sulfonamides is 1. The van der Waals surface area contributed by atoms with Crippen LogP contribution in [0.5, 0.6) is 5.75 Å². The van der Waals surface area contributed by atoms with Crippen molar-refractivity contribution in [3.05, 3.63) is 54.3 Å². The van der Waals surface area contributed by atoms with E-state index in [-0.39, 0.29) is 29.7 Å². The molecular weight excluding hydrogens is 397 g/mol. The molecule has 0 unspecified atom stereocenters. The molecule has 0 aromatic heterocycles. The zero-order valence-corrected chi connectivity index (χ0v) is 17.2. The van der Waals surface area contributed by atoms with E-state index in [9.17, 15) is 17.6 Å². The first-order chi connectivity index (χ1) is 13.8. The van der Waals surface area contributed by atoms with E-state index in [1.807, 2.05) is 4.90 Å². The number of rotatable bonds is 6. The Kier molecular flexibility index (Phi) is 6.39. The smallest absolute Gasteiger partial charge is 0.260 e. The molecule has 0 saturated carbocycles. The molecule has 0 spiro atoms. The summed E-state index contributed by atoms with van der Waals surface area (Å²) in [6.45, 7) is 2.96. The number of carbonyl (C=O) groups is 1. The largest absolute Gasteiger partial charge is 0.481 e. The van der Waals surface area contributed by atoms with Crippen molar-refractivity contribution in [2.45, 2.75) is 17.9 Å². The fourth-order valence-electron chi connectivity index (χ4n) is 3.18. The summed E-state index contributed by atoms with van der Waals surface area (Å²) in [5, 5.41) is 2.49. The summed E-state index contributed by atoms with van der Waals surface area (Å²) in [7, 11) is -2.15. The quantitative estimate of drug-likeness (QED) is 0.770. The Morgan fingerprint density at radius 3 is 2.28 bits per heavy atom. The molecule has 1 amide bonds. The van der Waals surface area contributed by atoms with Gasteiger partial charge in [-0.15, -0.1) is 0 Å². The van der Waals surface area contributed by atoms with Gasteiger partial charge in [0, 0.05) is 33.2 Å². The number of hydrogen-bond donors (Lipinski definition) is 1. The minimum absolute atomic E-state index is 0.150. The number of ether oxygens (including phenoxy) is 1. The first-order valence-corrected chi connectivity index (χ1v) is 10.7. The summed E-state index contributed by atoms with van der Waals surface area (Å²) in [5.41, 5.74) is 0.483. The van der Waals surface area contributed by atoms with Crippen LogP contribution in [0.2, 0.25) is 0 Å². The number of benzene rings is 2. The van der Waals surface area contributed by atoms with Gasteiger partial charge in [0.05, 0.1) is 10.6 Å². The number of carbonyl (C=O) groups excluding carboxylic acids is 1. The first kappa shape index (κ1) is 21.1. The summed E-state index contributed by atoms with van der Waals surface area (Å²) in [4.78, 5) is 13.5. The molecule has 156 valence electrons. The maximum absolute atomic E-state index is 14.0. The van der Waals surface area contributed by atoms with Gasteiger partial charge in [-0.3, -0.25) is 4.79 Å². The number of piperazine rings is 1. The summed E-state index contributed by atoms with van der Waals surface area (Å²) in [6.07, 6.45) is -0.686. The molecule has 1 fully saturated rings. The number of nitrogens with one attached hydrogen (secondary N) is 1. The van der Waals surface area contributed by atoms with Crippen LogP contribution >= 0.6 is 0 Å². The van der Waals surface area contributed by atoms with Crippen molar-refractivity contribution in [2.75, 3.05) is 38.1 Å². The van der Waals surface area contributed by atoms with E-state index in [1.54, 1.807) is 25.1 Å². The van der Waals surface area contributed by atoms with Crippen LogP contribution in [0.4, 0.5) is 10.1 Å². The zero-order chi connectivity index (χ0) is 21.0. The molecule has 1 heterocycles. The van der Waals surface area contributed by atoms with Gasteiger partial charge in [-0.2, -0.15) is 4.31 Å². The Bertz CT molecular complexity index is 958. The predicted octanol–water partition coefficient (Wildman–Crippen LogP) is 1.85. The Morgan fingerprint density at radius 1 is 1.07 bits per heavy atom. The van der Waals surface area contributed by atoms with Crippen molar-refractivity contribution >= 4 is 21.6 Å². The van der Waals surface area contributed by atoms with Crippen LogP contribution in [0, 0.1) is 5.82 Å². The van der Waals surface area contributed by atoms with Gasteiger partial charge in [0.2, 0.25) is 10.0 Å². The normalized spacial score (nSPS) is 16.3. The average molecular weight is 421 g/mol. The maximum atomic E-state index is 14.0. The second-order valence-electron chi connectivity index (χ2n) is 6.69. The summed E-state index contributed by atoms with van der Waals surface area (Å²) in [5.74, 6) is -0.177. The van der Waals surface area contributed by atoms with Gasteiger partial charge in [-0.05, 0) is 43.3 Å². The van der Waals surface area contributed by atoms with Gasteiger partial charge >= 0.3 is 0 Å². The summed E-state index contributed by atoms with van der Waals surface area (Å²) >= 11 is 0. The third kappa shape index (κ3) is 4.68. The number of hydrogen-bond acceptors (Lipinski definition) is 5. The highest BCUT2D eigenvalue weighted by molar-refractivity contribution is 7.89. The molecular formula is C20H24FN3O4S. The van der Waals surface area contributed by atoms with E-state index in [1.165, 1.54) is 41.7 Å². The molecule has 1 aliphatic rings. The third-order valence-corrected chi connectivity index (χ3v) is 6.73. The highest BCUT2D eigenvalue weighted by atomic mass is 32.2. The number of halogens is 1. The van der Waals surface area contributed by atoms with Crippen LogP contribution in [-0.4, -0.2) is 58.0 Å². The molecule has 29 heavy (non-hydrogen) atoms. The number of nitrogens with zero attached hydrogens (tertiary/aromatic N) is 2. The molecule has 2 aromatic carbocycles. The Morgan fingerprint density at radius 2 is 1.69 bits per heavy atom. The van der Waals surface area contributed by atoms with E-state index < -0.39 is 16.1 Å². The SMILES string of the molecule is CNC(=O)[C@H](C)Oc1ccc(S(=O)(=O)N2CCN(c3ccccc3F)CC2)cc1. The molecule has 7 nitrogen and oxygen atoms in total. The number of amides is 1. The average Bonchev–Trinajstić information content (AvgIpc) is 2.74. The summed E-state index contributed by atoms with van der Waals surface area (Å²) in [6, 6.07) is 12.5. The van der Waals surface area contributed by atoms with E-state index in [4.69, 9.17) is 4.74 Å². The highest BCUT2D eigenvalue weighted by Gasteiger charge is 2.29. The number of likely N-dealkylation sites (N-methyl/N-ethyl adjacent to an activating group) is 1. The Balaban J connectivity index is 1.65. The van der Waals surface area contributed by atoms with Crippen LogP contribution in [0.1, 0.15) is 6.92 Å². The van der Waals surface area contributed by atoms with E-state index >= 15 is 0 Å². The van der Waals surface area contributed by atoms with Crippen LogP contribution in [0.25, 0.3) is 0 Å². The maximum Gasteiger partial charge on any atom is 0.260 e. The van der Waals surface area contributed by atoms with Crippen LogP contribution in [-0.2, 0) is 14.8 Å². The second-order valence-corrected chi connectivity index (χ2v) is 8.63. The molecule has 1 N–H and O–H groups in total. The van der Waals surface area contributed by atoms with Gasteiger partial charge in [0.25, 0.3) is 5.91 Å². The van der Waals surface area contributed by atoms with Crippen molar-refractivity contribution in [2.24, 2.45) is 0 Å². The second kappa shape index (κ2) is 8.79. The lowest BCUT2D eigenvalue weighted by Gasteiger charge is -2.35. The minimum atomic E-state index is -3.67. The van der Waals surface area contributed by atoms with Crippen LogP contribution in [0.15, 0.2) is 53.4 Å². The first-order valence-electron chi connectivity index (χ1n) is 9.31.